The standard InChI is InChI=1S/C14H17N3/c1-10-7-16-8-11-3-2-4-13(14(10)11)17-12-5-6-15-9-12/h2-4,7-8,12,15,17H,5-6,9H2,1H3. The Hall–Kier alpha value is -1.61. The Morgan fingerprint density at radius 2 is 2.29 bits per heavy atom. The van der Waals surface area contributed by atoms with Crippen LogP contribution in [0.15, 0.2) is 30.6 Å². The van der Waals surface area contributed by atoms with Crippen molar-refractivity contribution in [2.45, 2.75) is 19.4 Å². The molecule has 1 aromatic carbocycles. The van der Waals surface area contributed by atoms with Gasteiger partial charge < -0.3 is 10.6 Å². The van der Waals surface area contributed by atoms with E-state index in [2.05, 4.69) is 40.7 Å². The third-order valence-electron chi connectivity index (χ3n) is 3.39. The van der Waals surface area contributed by atoms with Gasteiger partial charge in [0.1, 0.15) is 0 Å². The Bertz CT molecular complexity index is 525. The van der Waals surface area contributed by atoms with Crippen LogP contribution in [0.2, 0.25) is 0 Å². The van der Waals surface area contributed by atoms with Crippen molar-refractivity contribution >= 4 is 16.5 Å². The molecule has 2 aromatic rings. The highest BCUT2D eigenvalue weighted by Crippen LogP contribution is 2.26. The molecule has 1 aliphatic rings. The molecule has 0 radical (unpaired) electrons. The second-order valence-corrected chi connectivity index (χ2v) is 4.69. The van der Waals surface area contributed by atoms with E-state index in [1.165, 1.54) is 28.4 Å². The van der Waals surface area contributed by atoms with Crippen LogP contribution in [0.3, 0.4) is 0 Å². The first-order valence-corrected chi connectivity index (χ1v) is 6.15. The number of aryl methyl sites for hydroxylation is 1. The maximum Gasteiger partial charge on any atom is 0.0426 e. The Balaban J connectivity index is 2.03. The Kier molecular flexibility index (Phi) is 2.69. The van der Waals surface area contributed by atoms with Gasteiger partial charge in [-0.05, 0) is 31.5 Å². The third kappa shape index (κ3) is 1.98. The molecule has 3 rings (SSSR count). The summed E-state index contributed by atoms with van der Waals surface area (Å²) in [6, 6.07) is 6.92. The van der Waals surface area contributed by atoms with Crippen molar-refractivity contribution in [2.75, 3.05) is 18.4 Å². The first-order chi connectivity index (χ1) is 8.34. The second-order valence-electron chi connectivity index (χ2n) is 4.69. The predicted octanol–water partition coefficient (Wildman–Crippen LogP) is 2.32. The monoisotopic (exact) mass is 227 g/mol. The van der Waals surface area contributed by atoms with Gasteiger partial charge in [0, 0.05) is 41.4 Å². The van der Waals surface area contributed by atoms with E-state index in [4.69, 9.17) is 0 Å². The molecule has 0 amide bonds. The predicted molar refractivity (Wildman–Crippen MR) is 71.4 cm³/mol. The fourth-order valence-electron chi connectivity index (χ4n) is 2.53. The zero-order valence-electron chi connectivity index (χ0n) is 10.0. The molecular formula is C14H17N3. The minimum Gasteiger partial charge on any atom is -0.380 e. The third-order valence-corrected chi connectivity index (χ3v) is 3.39. The van der Waals surface area contributed by atoms with Crippen LogP contribution in [-0.2, 0) is 0 Å². The van der Waals surface area contributed by atoms with E-state index in [1.54, 1.807) is 0 Å². The summed E-state index contributed by atoms with van der Waals surface area (Å²) in [7, 11) is 0. The highest BCUT2D eigenvalue weighted by molar-refractivity contribution is 5.95. The largest absolute Gasteiger partial charge is 0.380 e. The van der Waals surface area contributed by atoms with Crippen LogP contribution in [0.4, 0.5) is 5.69 Å². The van der Waals surface area contributed by atoms with Gasteiger partial charge in [0.25, 0.3) is 0 Å². The number of fused-ring (bicyclic) bond motifs is 1. The summed E-state index contributed by atoms with van der Waals surface area (Å²) in [6.45, 7) is 4.29. The normalized spacial score (nSPS) is 19.7. The molecule has 88 valence electrons. The number of nitrogens with zero attached hydrogens (tertiary/aromatic N) is 1. The quantitative estimate of drug-likeness (QED) is 0.826. The Labute approximate surface area is 101 Å². The maximum atomic E-state index is 4.25. The zero-order chi connectivity index (χ0) is 11.7. The van der Waals surface area contributed by atoms with Gasteiger partial charge in [-0.3, -0.25) is 4.98 Å². The van der Waals surface area contributed by atoms with E-state index >= 15 is 0 Å². The molecule has 1 fully saturated rings. The molecule has 0 aliphatic carbocycles. The van der Waals surface area contributed by atoms with Gasteiger partial charge in [-0.25, -0.2) is 0 Å². The molecule has 3 nitrogen and oxygen atoms in total. The van der Waals surface area contributed by atoms with Crippen LogP contribution in [-0.4, -0.2) is 24.1 Å². The topological polar surface area (TPSA) is 37.0 Å². The number of anilines is 1. The van der Waals surface area contributed by atoms with Crippen molar-refractivity contribution in [1.82, 2.24) is 10.3 Å². The molecule has 1 saturated heterocycles. The molecule has 2 heterocycles. The van der Waals surface area contributed by atoms with Gasteiger partial charge >= 0.3 is 0 Å². The van der Waals surface area contributed by atoms with Crippen molar-refractivity contribution in [1.29, 1.82) is 0 Å². The lowest BCUT2D eigenvalue weighted by Gasteiger charge is -2.16. The van der Waals surface area contributed by atoms with Crippen molar-refractivity contribution in [3.8, 4) is 0 Å². The highest BCUT2D eigenvalue weighted by Gasteiger charge is 2.15. The van der Waals surface area contributed by atoms with Crippen LogP contribution in [0.1, 0.15) is 12.0 Å². The van der Waals surface area contributed by atoms with Crippen LogP contribution in [0.25, 0.3) is 10.8 Å². The Morgan fingerprint density at radius 1 is 1.35 bits per heavy atom. The number of aromatic nitrogens is 1. The molecule has 0 bridgehead atoms. The van der Waals surface area contributed by atoms with Crippen molar-refractivity contribution < 1.29 is 0 Å². The minimum atomic E-state index is 0.549. The summed E-state index contributed by atoms with van der Waals surface area (Å²) in [4.78, 5) is 4.25. The van der Waals surface area contributed by atoms with Crippen LogP contribution in [0, 0.1) is 6.92 Å². The van der Waals surface area contributed by atoms with Crippen molar-refractivity contribution in [2.24, 2.45) is 0 Å². The summed E-state index contributed by atoms with van der Waals surface area (Å²) >= 11 is 0. The summed E-state index contributed by atoms with van der Waals surface area (Å²) in [5, 5.41) is 9.52. The smallest absolute Gasteiger partial charge is 0.0426 e. The van der Waals surface area contributed by atoms with Gasteiger partial charge in [0.2, 0.25) is 0 Å². The van der Waals surface area contributed by atoms with E-state index in [9.17, 15) is 0 Å². The molecule has 1 aromatic heterocycles. The summed E-state index contributed by atoms with van der Waals surface area (Å²) in [6.07, 6.45) is 5.06. The number of hydrogen-bond donors (Lipinski definition) is 2. The lowest BCUT2D eigenvalue weighted by molar-refractivity contribution is 0.794. The maximum absolute atomic E-state index is 4.25. The number of rotatable bonds is 2. The summed E-state index contributed by atoms with van der Waals surface area (Å²) in [5.74, 6) is 0. The summed E-state index contributed by atoms with van der Waals surface area (Å²) in [5.41, 5.74) is 2.47. The molecule has 1 atom stereocenters. The molecule has 0 saturated carbocycles. The number of hydrogen-bond acceptors (Lipinski definition) is 3. The number of benzene rings is 1. The van der Waals surface area contributed by atoms with Gasteiger partial charge in [-0.15, -0.1) is 0 Å². The van der Waals surface area contributed by atoms with Gasteiger partial charge in [-0.2, -0.15) is 0 Å². The lowest BCUT2D eigenvalue weighted by atomic mass is 10.1. The molecule has 17 heavy (non-hydrogen) atoms. The van der Waals surface area contributed by atoms with Crippen LogP contribution in [0.5, 0.6) is 0 Å². The van der Waals surface area contributed by atoms with E-state index in [-0.39, 0.29) is 0 Å². The molecule has 3 heteroatoms. The number of nitrogens with one attached hydrogen (secondary N) is 2. The van der Waals surface area contributed by atoms with Gasteiger partial charge in [0.05, 0.1) is 0 Å². The average Bonchev–Trinajstić information content (AvgIpc) is 2.82. The highest BCUT2D eigenvalue weighted by atomic mass is 15.0. The Morgan fingerprint density at radius 3 is 3.12 bits per heavy atom. The van der Waals surface area contributed by atoms with E-state index in [0.717, 1.165) is 13.1 Å². The lowest BCUT2D eigenvalue weighted by Crippen LogP contribution is -2.22. The van der Waals surface area contributed by atoms with Gasteiger partial charge in [0.15, 0.2) is 0 Å². The van der Waals surface area contributed by atoms with Crippen LogP contribution < -0.4 is 10.6 Å². The molecule has 1 unspecified atom stereocenters. The molecule has 2 N–H and O–H groups in total. The fourth-order valence-corrected chi connectivity index (χ4v) is 2.53. The first kappa shape index (κ1) is 10.5. The van der Waals surface area contributed by atoms with Crippen molar-refractivity contribution in [3.05, 3.63) is 36.2 Å². The minimum absolute atomic E-state index is 0.549. The van der Waals surface area contributed by atoms with Crippen molar-refractivity contribution in [3.63, 3.8) is 0 Å². The molecular weight excluding hydrogens is 210 g/mol. The SMILES string of the molecule is Cc1cncc2cccc(NC3CCNC3)c12. The fraction of sp³-hybridized carbons (Fsp3) is 0.357. The number of pyridine rings is 1. The van der Waals surface area contributed by atoms with Crippen LogP contribution >= 0.6 is 0 Å². The average molecular weight is 227 g/mol. The second kappa shape index (κ2) is 4.34. The summed E-state index contributed by atoms with van der Waals surface area (Å²) < 4.78 is 0. The van der Waals surface area contributed by atoms with E-state index in [1.807, 2.05) is 12.4 Å². The van der Waals surface area contributed by atoms with Gasteiger partial charge in [-0.1, -0.05) is 12.1 Å². The zero-order valence-corrected chi connectivity index (χ0v) is 10.0. The van der Waals surface area contributed by atoms with E-state index < -0.39 is 0 Å². The molecule has 1 aliphatic heterocycles. The van der Waals surface area contributed by atoms with E-state index in [0.29, 0.717) is 6.04 Å². The molecule has 0 spiro atoms. The first-order valence-electron chi connectivity index (χ1n) is 6.15.